The van der Waals surface area contributed by atoms with Gasteiger partial charge in [-0.3, -0.25) is 9.59 Å². The SMILES string of the molecule is C[C@]12CC[C@@H]3[C@@H](CCC4CC(=O)CC[C@@]43CC=O)[C@@H]1CCC2=O. The van der Waals surface area contributed by atoms with Gasteiger partial charge in [0.05, 0.1) is 0 Å². The smallest absolute Gasteiger partial charge is 0.139 e. The fourth-order valence-corrected chi connectivity index (χ4v) is 7.18. The first kappa shape index (κ1) is 15.5. The molecule has 0 spiro atoms. The van der Waals surface area contributed by atoms with Crippen LogP contribution in [-0.4, -0.2) is 17.9 Å². The van der Waals surface area contributed by atoms with Crippen LogP contribution in [0.2, 0.25) is 0 Å². The molecule has 4 rings (SSSR count). The minimum atomic E-state index is -0.0964. The number of aldehydes is 1. The van der Waals surface area contributed by atoms with E-state index >= 15 is 0 Å². The van der Waals surface area contributed by atoms with Crippen LogP contribution in [0.1, 0.15) is 71.1 Å². The maximum Gasteiger partial charge on any atom is 0.139 e. The molecule has 0 amide bonds. The molecular weight excluding hydrogens is 288 g/mol. The molecule has 0 radical (unpaired) electrons. The van der Waals surface area contributed by atoms with Crippen LogP contribution in [0.5, 0.6) is 0 Å². The van der Waals surface area contributed by atoms with E-state index in [1.807, 2.05) is 0 Å². The highest BCUT2D eigenvalue weighted by Gasteiger charge is 2.61. The van der Waals surface area contributed by atoms with Crippen molar-refractivity contribution in [3.8, 4) is 0 Å². The molecular formula is C20H28O3. The Hall–Kier alpha value is -0.990. The second-order valence-corrected chi connectivity index (χ2v) is 8.92. The molecule has 126 valence electrons. The van der Waals surface area contributed by atoms with Crippen LogP contribution in [0.3, 0.4) is 0 Å². The third kappa shape index (κ3) is 2.04. The topological polar surface area (TPSA) is 51.2 Å². The van der Waals surface area contributed by atoms with Crippen molar-refractivity contribution in [2.24, 2.45) is 34.5 Å². The summed E-state index contributed by atoms with van der Waals surface area (Å²) in [6.45, 7) is 2.20. The van der Waals surface area contributed by atoms with Crippen LogP contribution < -0.4 is 0 Å². The van der Waals surface area contributed by atoms with Crippen molar-refractivity contribution in [2.75, 3.05) is 0 Å². The summed E-state index contributed by atoms with van der Waals surface area (Å²) in [5.41, 5.74) is -0.0353. The molecule has 3 heteroatoms. The number of Topliss-reactive ketones (excluding diaryl/α,β-unsaturated/α-hetero) is 2. The Balaban J connectivity index is 1.69. The first-order valence-corrected chi connectivity index (χ1v) is 9.50. The van der Waals surface area contributed by atoms with Crippen molar-refractivity contribution in [3.05, 3.63) is 0 Å². The van der Waals surface area contributed by atoms with E-state index < -0.39 is 0 Å². The normalized spacial score (nSPS) is 49.3. The van der Waals surface area contributed by atoms with Gasteiger partial charge in [-0.25, -0.2) is 0 Å². The number of ketones is 2. The van der Waals surface area contributed by atoms with E-state index in [0.717, 1.165) is 51.2 Å². The van der Waals surface area contributed by atoms with Gasteiger partial charge in [-0.15, -0.1) is 0 Å². The van der Waals surface area contributed by atoms with Crippen LogP contribution >= 0.6 is 0 Å². The van der Waals surface area contributed by atoms with Gasteiger partial charge in [0.25, 0.3) is 0 Å². The molecule has 4 fully saturated rings. The summed E-state index contributed by atoms with van der Waals surface area (Å²) in [5.74, 6) is 2.97. The van der Waals surface area contributed by atoms with E-state index in [0.29, 0.717) is 54.5 Å². The summed E-state index contributed by atoms with van der Waals surface area (Å²) in [7, 11) is 0. The molecule has 6 atom stereocenters. The molecule has 0 bridgehead atoms. The predicted molar refractivity (Wildman–Crippen MR) is 86.7 cm³/mol. The van der Waals surface area contributed by atoms with Gasteiger partial charge in [-0.05, 0) is 67.6 Å². The minimum Gasteiger partial charge on any atom is -0.303 e. The van der Waals surface area contributed by atoms with Gasteiger partial charge in [0.1, 0.15) is 17.9 Å². The summed E-state index contributed by atoms with van der Waals surface area (Å²) in [6, 6.07) is 0. The maximum atomic E-state index is 12.4. The van der Waals surface area contributed by atoms with Gasteiger partial charge in [0.2, 0.25) is 0 Å². The van der Waals surface area contributed by atoms with Crippen molar-refractivity contribution >= 4 is 17.9 Å². The number of rotatable bonds is 2. The molecule has 0 aromatic rings. The molecule has 0 aromatic carbocycles. The standard InChI is InChI=1S/C20H28O3/c1-19-8-7-17-15(16(19)4-5-18(19)23)3-2-13-12-14(22)6-9-20(13,17)10-11-21/h11,13,15-17H,2-10,12H2,1H3/t13?,15-,16-,17+,19-,20+/m0/s1. The zero-order valence-electron chi connectivity index (χ0n) is 14.2. The Morgan fingerprint density at radius 3 is 2.65 bits per heavy atom. The molecule has 0 aromatic heterocycles. The molecule has 0 heterocycles. The Bertz CT molecular complexity index is 553. The van der Waals surface area contributed by atoms with Gasteiger partial charge in [-0.1, -0.05) is 6.92 Å². The maximum absolute atomic E-state index is 12.4. The second-order valence-electron chi connectivity index (χ2n) is 8.92. The molecule has 1 unspecified atom stereocenters. The molecule has 4 aliphatic carbocycles. The molecule has 0 aliphatic heterocycles. The second kappa shape index (κ2) is 5.26. The lowest BCUT2D eigenvalue weighted by Gasteiger charge is -2.60. The summed E-state index contributed by atoms with van der Waals surface area (Å²) in [6.07, 6.45) is 10.1. The summed E-state index contributed by atoms with van der Waals surface area (Å²) < 4.78 is 0. The van der Waals surface area contributed by atoms with Gasteiger partial charge >= 0.3 is 0 Å². The van der Waals surface area contributed by atoms with E-state index in [2.05, 4.69) is 6.92 Å². The number of fused-ring (bicyclic) bond motifs is 5. The fraction of sp³-hybridized carbons (Fsp3) is 0.850. The summed E-state index contributed by atoms with van der Waals surface area (Å²) in [5, 5.41) is 0. The van der Waals surface area contributed by atoms with Gasteiger partial charge in [0, 0.05) is 31.1 Å². The van der Waals surface area contributed by atoms with E-state index in [-0.39, 0.29) is 10.8 Å². The zero-order valence-corrected chi connectivity index (χ0v) is 14.2. The monoisotopic (exact) mass is 316 g/mol. The van der Waals surface area contributed by atoms with Crippen molar-refractivity contribution in [1.29, 1.82) is 0 Å². The average molecular weight is 316 g/mol. The molecule has 23 heavy (non-hydrogen) atoms. The van der Waals surface area contributed by atoms with Crippen LogP contribution in [-0.2, 0) is 14.4 Å². The number of hydrogen-bond donors (Lipinski definition) is 0. The molecule has 4 aliphatic rings. The molecule has 0 saturated heterocycles. The Kier molecular flexibility index (Phi) is 3.55. The van der Waals surface area contributed by atoms with Gasteiger partial charge < -0.3 is 4.79 Å². The highest BCUT2D eigenvalue weighted by Crippen LogP contribution is 2.66. The van der Waals surface area contributed by atoms with E-state index in [4.69, 9.17) is 0 Å². The van der Waals surface area contributed by atoms with E-state index in [9.17, 15) is 14.4 Å². The largest absolute Gasteiger partial charge is 0.303 e. The van der Waals surface area contributed by atoms with Crippen molar-refractivity contribution in [1.82, 2.24) is 0 Å². The molecule has 0 N–H and O–H groups in total. The predicted octanol–water partition coefficient (Wildman–Crippen LogP) is 3.74. The van der Waals surface area contributed by atoms with Crippen molar-refractivity contribution in [2.45, 2.75) is 71.1 Å². The zero-order chi connectivity index (χ0) is 16.2. The van der Waals surface area contributed by atoms with E-state index in [1.54, 1.807) is 0 Å². The highest BCUT2D eigenvalue weighted by molar-refractivity contribution is 5.87. The Morgan fingerprint density at radius 2 is 1.87 bits per heavy atom. The van der Waals surface area contributed by atoms with Gasteiger partial charge in [0.15, 0.2) is 0 Å². The lowest BCUT2D eigenvalue weighted by atomic mass is 9.44. The number of hydrogen-bond acceptors (Lipinski definition) is 3. The van der Waals surface area contributed by atoms with Gasteiger partial charge in [-0.2, -0.15) is 0 Å². The fourth-order valence-electron chi connectivity index (χ4n) is 7.18. The first-order valence-electron chi connectivity index (χ1n) is 9.50. The van der Waals surface area contributed by atoms with E-state index in [1.165, 1.54) is 0 Å². The number of carbonyl (C=O) groups excluding carboxylic acids is 3. The number of carbonyl (C=O) groups is 3. The molecule has 3 nitrogen and oxygen atoms in total. The average Bonchev–Trinajstić information content (AvgIpc) is 2.84. The first-order chi connectivity index (χ1) is 11.0. The summed E-state index contributed by atoms with van der Waals surface area (Å²) in [4.78, 5) is 35.9. The quantitative estimate of drug-likeness (QED) is 0.729. The third-order valence-corrected chi connectivity index (χ3v) is 8.35. The van der Waals surface area contributed by atoms with Crippen LogP contribution in [0.4, 0.5) is 0 Å². The minimum absolute atomic E-state index is 0.0611. The van der Waals surface area contributed by atoms with Crippen molar-refractivity contribution < 1.29 is 14.4 Å². The highest BCUT2D eigenvalue weighted by atomic mass is 16.1. The third-order valence-electron chi connectivity index (χ3n) is 8.35. The summed E-state index contributed by atoms with van der Waals surface area (Å²) >= 11 is 0. The Labute approximate surface area is 138 Å². The molecule has 4 saturated carbocycles. The van der Waals surface area contributed by atoms with Crippen LogP contribution in [0, 0.1) is 34.5 Å². The van der Waals surface area contributed by atoms with Crippen LogP contribution in [0.15, 0.2) is 0 Å². The van der Waals surface area contributed by atoms with Crippen LogP contribution in [0.25, 0.3) is 0 Å². The lowest BCUT2D eigenvalue weighted by molar-refractivity contribution is -0.150. The van der Waals surface area contributed by atoms with Crippen molar-refractivity contribution in [3.63, 3.8) is 0 Å². The lowest BCUT2D eigenvalue weighted by Crippen LogP contribution is -2.55. The Morgan fingerprint density at radius 1 is 1.04 bits per heavy atom.